The second-order valence-corrected chi connectivity index (χ2v) is 4.86. The van der Waals surface area contributed by atoms with Crippen LogP contribution in [-0.2, 0) is 11.3 Å². The van der Waals surface area contributed by atoms with Gasteiger partial charge < -0.3 is 5.11 Å². The number of aryl methyl sites for hydroxylation is 1. The minimum atomic E-state index is -0.808. The van der Waals surface area contributed by atoms with E-state index in [1.165, 1.54) is 0 Å². The van der Waals surface area contributed by atoms with Gasteiger partial charge in [0, 0.05) is 11.9 Å². The summed E-state index contributed by atoms with van der Waals surface area (Å²) in [5.74, 6) is -0.737. The highest BCUT2D eigenvalue weighted by Gasteiger charge is 2.20. The zero-order valence-corrected chi connectivity index (χ0v) is 9.97. The predicted molar refractivity (Wildman–Crippen MR) is 60.0 cm³/mol. The first kappa shape index (κ1) is 12.1. The Morgan fingerprint density at radius 2 is 2.33 bits per heavy atom. The quantitative estimate of drug-likeness (QED) is 0.804. The number of carbonyl (C=O) groups is 1. The lowest BCUT2D eigenvalue weighted by atomic mass is 10.1. The van der Waals surface area contributed by atoms with Crippen molar-refractivity contribution in [2.24, 2.45) is 5.92 Å². The third kappa shape index (κ3) is 3.60. The summed E-state index contributed by atoms with van der Waals surface area (Å²) in [5.41, 5.74) is 0.907. The standard InChI is InChI=1S/C10H16N2O2S/c1-6(2)9(10(13)14)11-4-8-5-15-7(3)12-8/h5-6,9,11H,4H2,1-3H3,(H,13,14)/t9-/m1/s1. The maximum Gasteiger partial charge on any atom is 0.320 e. The largest absolute Gasteiger partial charge is 0.480 e. The summed E-state index contributed by atoms with van der Waals surface area (Å²) in [4.78, 5) is 15.2. The first-order valence-corrected chi connectivity index (χ1v) is 5.76. The molecule has 4 nitrogen and oxygen atoms in total. The minimum absolute atomic E-state index is 0.0715. The van der Waals surface area contributed by atoms with Crippen molar-refractivity contribution in [3.05, 3.63) is 16.1 Å². The average molecular weight is 228 g/mol. The summed E-state index contributed by atoms with van der Waals surface area (Å²) >= 11 is 1.57. The smallest absolute Gasteiger partial charge is 0.320 e. The number of aromatic nitrogens is 1. The predicted octanol–water partition coefficient (Wildman–Crippen LogP) is 1.65. The van der Waals surface area contributed by atoms with Crippen molar-refractivity contribution in [3.8, 4) is 0 Å². The number of rotatable bonds is 5. The maximum absolute atomic E-state index is 10.9. The molecule has 0 bridgehead atoms. The molecular formula is C10H16N2O2S. The van der Waals surface area contributed by atoms with Crippen molar-refractivity contribution in [2.45, 2.75) is 33.4 Å². The second kappa shape index (κ2) is 5.23. The van der Waals surface area contributed by atoms with Gasteiger partial charge in [-0.1, -0.05) is 13.8 Å². The van der Waals surface area contributed by atoms with Crippen molar-refractivity contribution in [1.29, 1.82) is 0 Å². The van der Waals surface area contributed by atoms with Gasteiger partial charge in [-0.2, -0.15) is 0 Å². The normalized spacial score (nSPS) is 13.1. The first-order valence-electron chi connectivity index (χ1n) is 4.88. The first-order chi connectivity index (χ1) is 7.00. The molecule has 0 unspecified atom stereocenters. The molecule has 15 heavy (non-hydrogen) atoms. The number of thiazole rings is 1. The van der Waals surface area contributed by atoms with Crippen molar-refractivity contribution in [3.63, 3.8) is 0 Å². The van der Waals surface area contributed by atoms with Crippen LogP contribution in [0.5, 0.6) is 0 Å². The van der Waals surface area contributed by atoms with E-state index in [0.29, 0.717) is 6.54 Å². The SMILES string of the molecule is Cc1nc(CN[C@@H](C(=O)O)C(C)C)cs1. The third-order valence-electron chi connectivity index (χ3n) is 2.10. The summed E-state index contributed by atoms with van der Waals surface area (Å²) in [6.07, 6.45) is 0. The number of carboxylic acids is 1. The summed E-state index contributed by atoms with van der Waals surface area (Å²) in [5, 5.41) is 14.9. The molecule has 1 rings (SSSR count). The van der Waals surface area contributed by atoms with Gasteiger partial charge in [0.2, 0.25) is 0 Å². The van der Waals surface area contributed by atoms with Gasteiger partial charge in [0.1, 0.15) is 6.04 Å². The Kier molecular flexibility index (Phi) is 4.23. The molecule has 1 aromatic heterocycles. The van der Waals surface area contributed by atoms with Gasteiger partial charge in [0.15, 0.2) is 0 Å². The van der Waals surface area contributed by atoms with Crippen LogP contribution in [0.1, 0.15) is 24.5 Å². The van der Waals surface area contributed by atoms with Gasteiger partial charge in [0.05, 0.1) is 10.7 Å². The number of carboxylic acid groups (broad SMARTS) is 1. The Labute approximate surface area is 93.4 Å². The lowest BCUT2D eigenvalue weighted by Gasteiger charge is -2.16. The molecule has 0 aliphatic rings. The van der Waals surface area contributed by atoms with Gasteiger partial charge in [-0.3, -0.25) is 10.1 Å². The van der Waals surface area contributed by atoms with Crippen LogP contribution in [0, 0.1) is 12.8 Å². The minimum Gasteiger partial charge on any atom is -0.480 e. The van der Waals surface area contributed by atoms with Crippen LogP contribution >= 0.6 is 11.3 Å². The van der Waals surface area contributed by atoms with Gasteiger partial charge >= 0.3 is 5.97 Å². The zero-order valence-electron chi connectivity index (χ0n) is 9.15. The van der Waals surface area contributed by atoms with E-state index in [2.05, 4.69) is 10.3 Å². The van der Waals surface area contributed by atoms with E-state index >= 15 is 0 Å². The van der Waals surface area contributed by atoms with Crippen LogP contribution in [0.15, 0.2) is 5.38 Å². The topological polar surface area (TPSA) is 62.2 Å². The van der Waals surface area contributed by atoms with E-state index in [-0.39, 0.29) is 5.92 Å². The number of hydrogen-bond donors (Lipinski definition) is 2. The van der Waals surface area contributed by atoms with Crippen molar-refractivity contribution in [1.82, 2.24) is 10.3 Å². The number of nitrogens with one attached hydrogen (secondary N) is 1. The van der Waals surface area contributed by atoms with Gasteiger partial charge in [0.25, 0.3) is 0 Å². The molecule has 1 heterocycles. The monoisotopic (exact) mass is 228 g/mol. The third-order valence-corrected chi connectivity index (χ3v) is 2.92. The summed E-state index contributed by atoms with van der Waals surface area (Å²) in [6, 6.07) is -0.507. The fourth-order valence-corrected chi connectivity index (χ4v) is 1.92. The molecule has 0 fully saturated rings. The summed E-state index contributed by atoms with van der Waals surface area (Å²) < 4.78 is 0. The summed E-state index contributed by atoms with van der Waals surface area (Å²) in [7, 11) is 0. The number of hydrogen-bond acceptors (Lipinski definition) is 4. The molecule has 2 N–H and O–H groups in total. The van der Waals surface area contributed by atoms with E-state index in [9.17, 15) is 4.79 Å². The Balaban J connectivity index is 2.50. The van der Waals surface area contributed by atoms with Crippen molar-refractivity contribution in [2.75, 3.05) is 0 Å². The molecular weight excluding hydrogens is 212 g/mol. The molecule has 0 aromatic carbocycles. The van der Waals surface area contributed by atoms with Crippen LogP contribution in [0.4, 0.5) is 0 Å². The van der Waals surface area contributed by atoms with Crippen LogP contribution in [0.25, 0.3) is 0 Å². The number of aliphatic carboxylic acids is 1. The molecule has 0 aliphatic heterocycles. The van der Waals surface area contributed by atoms with Crippen LogP contribution in [-0.4, -0.2) is 22.1 Å². The molecule has 0 aliphatic carbocycles. The molecule has 0 saturated carbocycles. The lowest BCUT2D eigenvalue weighted by Crippen LogP contribution is -2.40. The lowest BCUT2D eigenvalue weighted by molar-refractivity contribution is -0.140. The van der Waals surface area contributed by atoms with E-state index < -0.39 is 12.0 Å². The van der Waals surface area contributed by atoms with E-state index in [0.717, 1.165) is 10.7 Å². The Hall–Kier alpha value is -0.940. The van der Waals surface area contributed by atoms with Crippen molar-refractivity contribution < 1.29 is 9.90 Å². The molecule has 0 saturated heterocycles. The molecule has 84 valence electrons. The van der Waals surface area contributed by atoms with Crippen molar-refractivity contribution >= 4 is 17.3 Å². The molecule has 1 atom stereocenters. The Morgan fingerprint density at radius 1 is 1.67 bits per heavy atom. The molecule has 5 heteroatoms. The van der Waals surface area contributed by atoms with Gasteiger partial charge in [-0.05, 0) is 12.8 Å². The zero-order chi connectivity index (χ0) is 11.4. The van der Waals surface area contributed by atoms with Crippen LogP contribution < -0.4 is 5.32 Å². The molecule has 0 radical (unpaired) electrons. The Morgan fingerprint density at radius 3 is 2.73 bits per heavy atom. The van der Waals surface area contributed by atoms with Crippen LogP contribution in [0.3, 0.4) is 0 Å². The fourth-order valence-electron chi connectivity index (χ4n) is 1.31. The summed E-state index contributed by atoms with van der Waals surface area (Å²) in [6.45, 7) is 6.22. The fraction of sp³-hybridized carbons (Fsp3) is 0.600. The second-order valence-electron chi connectivity index (χ2n) is 3.80. The average Bonchev–Trinajstić information content (AvgIpc) is 2.50. The highest BCUT2D eigenvalue weighted by atomic mass is 32.1. The number of nitrogens with zero attached hydrogens (tertiary/aromatic N) is 1. The molecule has 0 amide bonds. The van der Waals surface area contributed by atoms with Gasteiger partial charge in [-0.25, -0.2) is 4.98 Å². The van der Waals surface area contributed by atoms with E-state index in [4.69, 9.17) is 5.11 Å². The maximum atomic E-state index is 10.9. The molecule has 1 aromatic rings. The highest BCUT2D eigenvalue weighted by molar-refractivity contribution is 7.09. The highest BCUT2D eigenvalue weighted by Crippen LogP contribution is 2.09. The van der Waals surface area contributed by atoms with Crippen LogP contribution in [0.2, 0.25) is 0 Å². The van der Waals surface area contributed by atoms with E-state index in [1.807, 2.05) is 26.2 Å². The Bertz CT molecular complexity index is 336. The van der Waals surface area contributed by atoms with Gasteiger partial charge in [-0.15, -0.1) is 11.3 Å². The molecule has 0 spiro atoms. The van der Waals surface area contributed by atoms with E-state index in [1.54, 1.807) is 11.3 Å².